The lowest BCUT2D eigenvalue weighted by Crippen LogP contribution is -2.31. The van der Waals surface area contributed by atoms with Gasteiger partial charge in [0.15, 0.2) is 0 Å². The Morgan fingerprint density at radius 2 is 2.13 bits per heavy atom. The summed E-state index contributed by atoms with van der Waals surface area (Å²) in [6.45, 7) is 5.19. The van der Waals surface area contributed by atoms with Gasteiger partial charge in [-0.2, -0.15) is 5.26 Å². The summed E-state index contributed by atoms with van der Waals surface area (Å²) in [4.78, 5) is 0. The van der Waals surface area contributed by atoms with Gasteiger partial charge in [-0.05, 0) is 32.4 Å². The average molecular weight is 204 g/mol. The summed E-state index contributed by atoms with van der Waals surface area (Å²) in [7, 11) is 0. The Balaban J connectivity index is 3.33. The minimum absolute atomic E-state index is 0.499. The number of rotatable bonds is 2. The number of benzene rings is 1. The number of anilines is 1. The van der Waals surface area contributed by atoms with E-state index in [1.54, 1.807) is 19.9 Å². The highest BCUT2D eigenvalue weighted by Crippen LogP contribution is 2.34. The van der Waals surface area contributed by atoms with Crippen LogP contribution in [0.25, 0.3) is 0 Å². The molecule has 1 aromatic rings. The van der Waals surface area contributed by atoms with Gasteiger partial charge >= 0.3 is 0 Å². The summed E-state index contributed by atoms with van der Waals surface area (Å²) in [6, 6.07) is 7.50. The fourth-order valence-corrected chi connectivity index (χ4v) is 1.72. The number of aryl methyl sites for hydroxylation is 1. The van der Waals surface area contributed by atoms with Gasteiger partial charge in [0, 0.05) is 11.3 Å². The van der Waals surface area contributed by atoms with Crippen molar-refractivity contribution in [2.24, 2.45) is 5.92 Å². The van der Waals surface area contributed by atoms with E-state index in [0.717, 1.165) is 5.56 Å². The van der Waals surface area contributed by atoms with Crippen LogP contribution in [-0.2, 0) is 5.60 Å². The minimum Gasteiger partial charge on any atom is -0.398 e. The molecule has 0 aromatic heterocycles. The van der Waals surface area contributed by atoms with Crippen molar-refractivity contribution in [2.75, 3.05) is 5.73 Å². The summed E-state index contributed by atoms with van der Waals surface area (Å²) < 4.78 is 0. The normalized spacial score (nSPS) is 16.5. The molecule has 0 saturated heterocycles. The van der Waals surface area contributed by atoms with Crippen molar-refractivity contribution in [1.29, 1.82) is 5.26 Å². The molecule has 0 aliphatic carbocycles. The van der Waals surface area contributed by atoms with Crippen molar-refractivity contribution in [3.63, 3.8) is 0 Å². The van der Waals surface area contributed by atoms with E-state index in [4.69, 9.17) is 11.0 Å². The van der Waals surface area contributed by atoms with E-state index in [0.29, 0.717) is 11.3 Å². The smallest absolute Gasteiger partial charge is 0.105 e. The fraction of sp³-hybridized carbons (Fsp3) is 0.417. The van der Waals surface area contributed by atoms with Crippen molar-refractivity contribution < 1.29 is 5.11 Å². The Hall–Kier alpha value is -1.53. The lowest BCUT2D eigenvalue weighted by Gasteiger charge is -2.29. The number of hydrogen-bond acceptors (Lipinski definition) is 3. The maximum atomic E-state index is 10.3. The van der Waals surface area contributed by atoms with Gasteiger partial charge < -0.3 is 10.8 Å². The second-order valence-electron chi connectivity index (χ2n) is 4.04. The quantitative estimate of drug-likeness (QED) is 0.723. The number of nitriles is 1. The van der Waals surface area contributed by atoms with Gasteiger partial charge in [-0.3, -0.25) is 0 Å². The second-order valence-corrected chi connectivity index (χ2v) is 4.04. The zero-order valence-corrected chi connectivity index (χ0v) is 9.28. The third-order valence-electron chi connectivity index (χ3n) is 2.85. The molecule has 2 atom stereocenters. The van der Waals surface area contributed by atoms with Crippen molar-refractivity contribution >= 4 is 5.69 Å². The highest BCUT2D eigenvalue weighted by molar-refractivity contribution is 5.54. The summed E-state index contributed by atoms with van der Waals surface area (Å²) >= 11 is 0. The number of nitrogens with zero attached hydrogens (tertiary/aromatic N) is 1. The van der Waals surface area contributed by atoms with E-state index < -0.39 is 11.5 Å². The molecule has 3 nitrogen and oxygen atoms in total. The van der Waals surface area contributed by atoms with Gasteiger partial charge in [-0.1, -0.05) is 12.1 Å². The molecule has 0 fully saturated rings. The molecule has 1 rings (SSSR count). The lowest BCUT2D eigenvalue weighted by atomic mass is 9.82. The van der Waals surface area contributed by atoms with Crippen LogP contribution in [0.2, 0.25) is 0 Å². The van der Waals surface area contributed by atoms with E-state index in [9.17, 15) is 5.11 Å². The van der Waals surface area contributed by atoms with Crippen LogP contribution in [0, 0.1) is 24.2 Å². The first-order valence-corrected chi connectivity index (χ1v) is 4.88. The van der Waals surface area contributed by atoms with E-state index in [2.05, 4.69) is 6.07 Å². The summed E-state index contributed by atoms with van der Waals surface area (Å²) in [5.74, 6) is -0.499. The molecule has 0 heterocycles. The largest absolute Gasteiger partial charge is 0.398 e. The molecular formula is C12H16N2O. The third kappa shape index (κ3) is 1.95. The van der Waals surface area contributed by atoms with Crippen LogP contribution in [0.1, 0.15) is 25.0 Å². The fourth-order valence-electron chi connectivity index (χ4n) is 1.72. The van der Waals surface area contributed by atoms with Gasteiger partial charge in [0.2, 0.25) is 0 Å². The van der Waals surface area contributed by atoms with Crippen LogP contribution in [0.5, 0.6) is 0 Å². The average Bonchev–Trinajstić information content (AvgIpc) is 2.15. The van der Waals surface area contributed by atoms with Crippen molar-refractivity contribution in [3.05, 3.63) is 29.3 Å². The van der Waals surface area contributed by atoms with Crippen LogP contribution >= 0.6 is 0 Å². The topological polar surface area (TPSA) is 70.0 Å². The molecule has 0 amide bonds. The highest BCUT2D eigenvalue weighted by Gasteiger charge is 2.33. The predicted octanol–water partition coefficient (Wildman–Crippen LogP) is 1.94. The molecule has 80 valence electrons. The van der Waals surface area contributed by atoms with Gasteiger partial charge in [-0.15, -0.1) is 0 Å². The zero-order chi connectivity index (χ0) is 11.6. The first kappa shape index (κ1) is 11.5. The molecule has 3 N–H and O–H groups in total. The van der Waals surface area contributed by atoms with Crippen LogP contribution < -0.4 is 5.73 Å². The Kier molecular flexibility index (Phi) is 3.01. The molecule has 0 aliphatic heterocycles. The summed E-state index contributed by atoms with van der Waals surface area (Å²) in [6.07, 6.45) is 0. The van der Waals surface area contributed by atoms with Crippen LogP contribution in [-0.4, -0.2) is 5.11 Å². The Bertz CT molecular complexity index is 384. The molecule has 1 aromatic carbocycles. The van der Waals surface area contributed by atoms with Gasteiger partial charge in [-0.25, -0.2) is 0 Å². The van der Waals surface area contributed by atoms with Crippen molar-refractivity contribution in [3.8, 4) is 6.07 Å². The molecule has 0 saturated carbocycles. The molecule has 0 spiro atoms. The second kappa shape index (κ2) is 3.92. The molecule has 2 unspecified atom stereocenters. The van der Waals surface area contributed by atoms with Crippen LogP contribution in [0.15, 0.2) is 18.2 Å². The SMILES string of the molecule is Cc1cccc(N)c1C(C)(O)C(C)C#N. The molecule has 3 heteroatoms. The molecule has 0 bridgehead atoms. The molecule has 15 heavy (non-hydrogen) atoms. The standard InChI is InChI=1S/C12H16N2O/c1-8-5-4-6-10(14)11(8)12(3,15)9(2)7-13/h4-6,9,15H,14H2,1-3H3. The van der Waals surface area contributed by atoms with Crippen molar-refractivity contribution in [2.45, 2.75) is 26.4 Å². The van der Waals surface area contributed by atoms with Crippen LogP contribution in [0.3, 0.4) is 0 Å². The van der Waals surface area contributed by atoms with Gasteiger partial charge in [0.05, 0.1) is 12.0 Å². The molecule has 0 radical (unpaired) electrons. The predicted molar refractivity (Wildman–Crippen MR) is 59.9 cm³/mol. The van der Waals surface area contributed by atoms with E-state index >= 15 is 0 Å². The Morgan fingerprint density at radius 1 is 1.53 bits per heavy atom. The maximum absolute atomic E-state index is 10.3. The number of nitrogens with two attached hydrogens (primary N) is 1. The first-order valence-electron chi connectivity index (χ1n) is 4.88. The zero-order valence-electron chi connectivity index (χ0n) is 9.28. The summed E-state index contributed by atoms with van der Waals surface area (Å²) in [5.41, 5.74) is 6.71. The van der Waals surface area contributed by atoms with E-state index in [1.807, 2.05) is 19.1 Å². The molecular weight excluding hydrogens is 188 g/mol. The van der Waals surface area contributed by atoms with E-state index in [1.165, 1.54) is 0 Å². The Labute approximate surface area is 90.1 Å². The minimum atomic E-state index is -1.20. The van der Waals surface area contributed by atoms with Gasteiger partial charge in [0.25, 0.3) is 0 Å². The maximum Gasteiger partial charge on any atom is 0.105 e. The monoisotopic (exact) mass is 204 g/mol. The number of aliphatic hydroxyl groups is 1. The van der Waals surface area contributed by atoms with E-state index in [-0.39, 0.29) is 0 Å². The first-order chi connectivity index (χ1) is 6.91. The lowest BCUT2D eigenvalue weighted by molar-refractivity contribution is 0.0234. The third-order valence-corrected chi connectivity index (χ3v) is 2.85. The number of hydrogen-bond donors (Lipinski definition) is 2. The molecule has 0 aliphatic rings. The number of nitrogen functional groups attached to an aromatic ring is 1. The van der Waals surface area contributed by atoms with Gasteiger partial charge in [0.1, 0.15) is 5.60 Å². The summed E-state index contributed by atoms with van der Waals surface area (Å²) in [5, 5.41) is 19.2. The Morgan fingerprint density at radius 3 is 2.60 bits per heavy atom. The highest BCUT2D eigenvalue weighted by atomic mass is 16.3. The van der Waals surface area contributed by atoms with Crippen LogP contribution in [0.4, 0.5) is 5.69 Å². The van der Waals surface area contributed by atoms with Crippen molar-refractivity contribution in [1.82, 2.24) is 0 Å².